The van der Waals surface area contributed by atoms with Crippen LogP contribution in [0.5, 0.6) is 0 Å². The SMILES string of the molecule is CCCCN(CCN)c1ncncc1Br. The van der Waals surface area contributed by atoms with E-state index in [1.54, 1.807) is 12.5 Å². The van der Waals surface area contributed by atoms with E-state index >= 15 is 0 Å². The van der Waals surface area contributed by atoms with Crippen molar-refractivity contribution >= 4 is 21.7 Å². The summed E-state index contributed by atoms with van der Waals surface area (Å²) in [7, 11) is 0. The van der Waals surface area contributed by atoms with E-state index in [4.69, 9.17) is 5.73 Å². The molecule has 1 aromatic heterocycles. The summed E-state index contributed by atoms with van der Waals surface area (Å²) in [6, 6.07) is 0. The smallest absolute Gasteiger partial charge is 0.146 e. The van der Waals surface area contributed by atoms with Gasteiger partial charge in [-0.05, 0) is 22.4 Å². The van der Waals surface area contributed by atoms with Crippen molar-refractivity contribution in [1.82, 2.24) is 9.97 Å². The third-order valence-corrected chi connectivity index (χ3v) is 2.69. The zero-order chi connectivity index (χ0) is 11.1. The largest absolute Gasteiger partial charge is 0.354 e. The van der Waals surface area contributed by atoms with Crippen LogP contribution < -0.4 is 10.6 Å². The van der Waals surface area contributed by atoms with Crippen LogP contribution in [-0.2, 0) is 0 Å². The van der Waals surface area contributed by atoms with Crippen LogP contribution >= 0.6 is 15.9 Å². The molecule has 0 saturated heterocycles. The Morgan fingerprint density at radius 3 is 2.87 bits per heavy atom. The lowest BCUT2D eigenvalue weighted by Gasteiger charge is -2.23. The van der Waals surface area contributed by atoms with Crippen LogP contribution in [0.1, 0.15) is 19.8 Å². The highest BCUT2D eigenvalue weighted by Crippen LogP contribution is 2.21. The van der Waals surface area contributed by atoms with Crippen molar-refractivity contribution in [3.8, 4) is 0 Å². The molecule has 0 atom stereocenters. The van der Waals surface area contributed by atoms with Gasteiger partial charge in [0.2, 0.25) is 0 Å². The van der Waals surface area contributed by atoms with E-state index in [-0.39, 0.29) is 0 Å². The predicted molar refractivity (Wildman–Crippen MR) is 65.9 cm³/mol. The number of rotatable bonds is 6. The molecule has 0 aromatic carbocycles. The van der Waals surface area contributed by atoms with Gasteiger partial charge >= 0.3 is 0 Å². The third-order valence-electron chi connectivity index (χ3n) is 2.13. The Bertz CT molecular complexity index is 293. The highest BCUT2D eigenvalue weighted by atomic mass is 79.9. The van der Waals surface area contributed by atoms with Crippen molar-refractivity contribution in [2.45, 2.75) is 19.8 Å². The Morgan fingerprint density at radius 1 is 1.47 bits per heavy atom. The molecule has 0 saturated carbocycles. The second-order valence-electron chi connectivity index (χ2n) is 3.32. The van der Waals surface area contributed by atoms with E-state index in [1.165, 1.54) is 6.42 Å². The fourth-order valence-corrected chi connectivity index (χ4v) is 1.84. The summed E-state index contributed by atoms with van der Waals surface area (Å²) in [5.41, 5.74) is 5.59. The maximum Gasteiger partial charge on any atom is 0.146 e. The number of anilines is 1. The highest BCUT2D eigenvalue weighted by Gasteiger charge is 2.09. The molecule has 15 heavy (non-hydrogen) atoms. The van der Waals surface area contributed by atoms with Crippen LogP contribution in [0, 0.1) is 0 Å². The van der Waals surface area contributed by atoms with Crippen molar-refractivity contribution < 1.29 is 0 Å². The molecular formula is C10H17BrN4. The van der Waals surface area contributed by atoms with Crippen LogP contribution in [0.2, 0.25) is 0 Å². The number of aromatic nitrogens is 2. The van der Waals surface area contributed by atoms with Gasteiger partial charge in [0.1, 0.15) is 12.1 Å². The molecule has 1 aromatic rings. The minimum Gasteiger partial charge on any atom is -0.354 e. The summed E-state index contributed by atoms with van der Waals surface area (Å²) < 4.78 is 0.926. The van der Waals surface area contributed by atoms with Gasteiger partial charge in [-0.3, -0.25) is 0 Å². The molecule has 84 valence electrons. The molecule has 0 unspecified atom stereocenters. The van der Waals surface area contributed by atoms with Crippen molar-refractivity contribution in [3.63, 3.8) is 0 Å². The van der Waals surface area contributed by atoms with E-state index in [0.29, 0.717) is 6.54 Å². The first-order valence-corrected chi connectivity index (χ1v) is 5.99. The molecular weight excluding hydrogens is 256 g/mol. The van der Waals surface area contributed by atoms with Gasteiger partial charge in [-0.25, -0.2) is 9.97 Å². The molecule has 0 aliphatic rings. The molecule has 0 fully saturated rings. The summed E-state index contributed by atoms with van der Waals surface area (Å²) in [4.78, 5) is 10.4. The molecule has 0 amide bonds. The first-order chi connectivity index (χ1) is 7.29. The quantitative estimate of drug-likeness (QED) is 0.858. The van der Waals surface area contributed by atoms with Crippen molar-refractivity contribution in [2.24, 2.45) is 5.73 Å². The van der Waals surface area contributed by atoms with E-state index < -0.39 is 0 Å². The number of unbranched alkanes of at least 4 members (excludes halogenated alkanes) is 1. The summed E-state index contributed by atoms with van der Waals surface area (Å²) in [6.45, 7) is 4.63. The van der Waals surface area contributed by atoms with Crippen molar-refractivity contribution in [3.05, 3.63) is 17.0 Å². The number of nitrogens with zero attached hydrogens (tertiary/aromatic N) is 3. The second-order valence-corrected chi connectivity index (χ2v) is 4.18. The zero-order valence-electron chi connectivity index (χ0n) is 8.99. The molecule has 1 heterocycles. The molecule has 0 aliphatic carbocycles. The molecule has 2 N–H and O–H groups in total. The lowest BCUT2D eigenvalue weighted by Crippen LogP contribution is -2.31. The summed E-state index contributed by atoms with van der Waals surface area (Å²) in [5, 5.41) is 0. The molecule has 1 rings (SSSR count). The summed E-state index contributed by atoms with van der Waals surface area (Å²) >= 11 is 3.45. The standard InChI is InChI=1S/C10H17BrN4/c1-2-3-5-15(6-4-12)10-9(11)7-13-8-14-10/h7-8H,2-6,12H2,1H3. The minimum atomic E-state index is 0.639. The van der Waals surface area contributed by atoms with Crippen LogP contribution in [0.3, 0.4) is 0 Å². The predicted octanol–water partition coefficient (Wildman–Crippen LogP) is 1.80. The lowest BCUT2D eigenvalue weighted by atomic mass is 10.3. The fourth-order valence-electron chi connectivity index (χ4n) is 1.37. The van der Waals surface area contributed by atoms with Crippen LogP contribution in [0.25, 0.3) is 0 Å². The third kappa shape index (κ3) is 3.76. The summed E-state index contributed by atoms with van der Waals surface area (Å²) in [6.07, 6.45) is 5.65. The van der Waals surface area contributed by atoms with Gasteiger partial charge in [-0.2, -0.15) is 0 Å². The lowest BCUT2D eigenvalue weighted by molar-refractivity contribution is 0.705. The normalized spacial score (nSPS) is 10.3. The topological polar surface area (TPSA) is 55.0 Å². The molecule has 4 nitrogen and oxygen atoms in total. The molecule has 0 radical (unpaired) electrons. The van der Waals surface area contributed by atoms with Gasteiger partial charge < -0.3 is 10.6 Å². The number of nitrogens with two attached hydrogens (primary N) is 1. The van der Waals surface area contributed by atoms with Crippen molar-refractivity contribution in [1.29, 1.82) is 0 Å². The van der Waals surface area contributed by atoms with Crippen molar-refractivity contribution in [2.75, 3.05) is 24.5 Å². The zero-order valence-corrected chi connectivity index (χ0v) is 10.6. The van der Waals surface area contributed by atoms with E-state index in [2.05, 4.69) is 37.7 Å². The van der Waals surface area contributed by atoms with E-state index in [9.17, 15) is 0 Å². The van der Waals surface area contributed by atoms with Gasteiger partial charge in [0.05, 0.1) is 4.47 Å². The van der Waals surface area contributed by atoms with Crippen LogP contribution in [-0.4, -0.2) is 29.6 Å². The van der Waals surface area contributed by atoms with Gasteiger partial charge in [-0.15, -0.1) is 0 Å². The Labute approximate surface area is 99.0 Å². The maximum absolute atomic E-state index is 5.59. The fraction of sp³-hybridized carbons (Fsp3) is 0.600. The average molecular weight is 273 g/mol. The highest BCUT2D eigenvalue weighted by molar-refractivity contribution is 9.10. The number of halogens is 1. The minimum absolute atomic E-state index is 0.639. The van der Waals surface area contributed by atoms with E-state index in [0.717, 1.165) is 29.8 Å². The van der Waals surface area contributed by atoms with Gasteiger partial charge in [0, 0.05) is 25.8 Å². The number of hydrogen-bond acceptors (Lipinski definition) is 4. The van der Waals surface area contributed by atoms with Crippen LogP contribution in [0.15, 0.2) is 17.0 Å². The Morgan fingerprint density at radius 2 is 2.27 bits per heavy atom. The Kier molecular flexibility index (Phi) is 5.57. The Balaban J connectivity index is 2.74. The second kappa shape index (κ2) is 6.74. The molecule has 0 bridgehead atoms. The molecule has 0 aliphatic heterocycles. The Hall–Kier alpha value is -0.680. The van der Waals surface area contributed by atoms with Gasteiger partial charge in [0.25, 0.3) is 0 Å². The van der Waals surface area contributed by atoms with E-state index in [1.807, 2.05) is 0 Å². The first kappa shape index (κ1) is 12.4. The van der Waals surface area contributed by atoms with Gasteiger partial charge in [-0.1, -0.05) is 13.3 Å². The number of hydrogen-bond donors (Lipinski definition) is 1. The maximum atomic E-state index is 5.59. The summed E-state index contributed by atoms with van der Waals surface area (Å²) in [5.74, 6) is 0.934. The average Bonchev–Trinajstić information content (AvgIpc) is 2.25. The first-order valence-electron chi connectivity index (χ1n) is 5.20. The van der Waals surface area contributed by atoms with Crippen LogP contribution in [0.4, 0.5) is 5.82 Å². The van der Waals surface area contributed by atoms with Gasteiger partial charge in [0.15, 0.2) is 0 Å². The molecule has 5 heteroatoms. The monoisotopic (exact) mass is 272 g/mol. The molecule has 0 spiro atoms.